The van der Waals surface area contributed by atoms with E-state index in [2.05, 4.69) is 10.3 Å². The molecule has 15 heavy (non-hydrogen) atoms. The fourth-order valence-electron chi connectivity index (χ4n) is 1.68. The van der Waals surface area contributed by atoms with E-state index in [1.807, 2.05) is 0 Å². The molecule has 6 heteroatoms. The van der Waals surface area contributed by atoms with E-state index < -0.39 is 11.9 Å². The van der Waals surface area contributed by atoms with Gasteiger partial charge in [0, 0.05) is 12.5 Å². The van der Waals surface area contributed by atoms with Crippen LogP contribution in [0.5, 0.6) is 0 Å². The molecule has 0 amide bonds. The zero-order valence-electron chi connectivity index (χ0n) is 7.97. The van der Waals surface area contributed by atoms with Crippen molar-refractivity contribution in [1.29, 1.82) is 0 Å². The molecule has 0 saturated carbocycles. The van der Waals surface area contributed by atoms with E-state index in [-0.39, 0.29) is 11.9 Å². The number of rotatable bonds is 2. The Bertz CT molecular complexity index is 328. The summed E-state index contributed by atoms with van der Waals surface area (Å²) in [4.78, 5) is 3.41. The quantitative estimate of drug-likeness (QED) is 0.828. The van der Waals surface area contributed by atoms with Gasteiger partial charge in [-0.3, -0.25) is 0 Å². The minimum absolute atomic E-state index is 0.154. The standard InChI is InChI=1S/C9H11F3N2O/c10-9(11,12)7-5-15-8(14-7)4-6-2-1-3-13-6/h5-6,13H,1-4H2. The second kappa shape index (κ2) is 3.84. The second-order valence-corrected chi connectivity index (χ2v) is 3.62. The maximum atomic E-state index is 12.2. The van der Waals surface area contributed by atoms with Crippen molar-refractivity contribution in [1.82, 2.24) is 10.3 Å². The highest BCUT2D eigenvalue weighted by atomic mass is 19.4. The third-order valence-electron chi connectivity index (χ3n) is 2.43. The molecule has 1 saturated heterocycles. The Balaban J connectivity index is 2.00. The van der Waals surface area contributed by atoms with Crippen LogP contribution >= 0.6 is 0 Å². The topological polar surface area (TPSA) is 38.1 Å². The summed E-state index contributed by atoms with van der Waals surface area (Å²) in [5, 5.41) is 3.17. The molecule has 1 unspecified atom stereocenters. The van der Waals surface area contributed by atoms with Gasteiger partial charge in [-0.15, -0.1) is 0 Å². The number of hydrogen-bond acceptors (Lipinski definition) is 3. The van der Waals surface area contributed by atoms with Crippen LogP contribution in [0.25, 0.3) is 0 Å². The summed E-state index contributed by atoms with van der Waals surface area (Å²) in [7, 11) is 0. The zero-order chi connectivity index (χ0) is 10.9. The molecular formula is C9H11F3N2O. The SMILES string of the molecule is FC(F)(F)c1coc(CC2CCCN2)n1. The first kappa shape index (κ1) is 10.5. The molecule has 1 fully saturated rings. The number of aromatic nitrogens is 1. The van der Waals surface area contributed by atoms with Gasteiger partial charge in [0.2, 0.25) is 0 Å². The van der Waals surface area contributed by atoms with Gasteiger partial charge >= 0.3 is 6.18 Å². The molecule has 0 spiro atoms. The predicted molar refractivity (Wildman–Crippen MR) is 46.2 cm³/mol. The lowest BCUT2D eigenvalue weighted by Gasteiger charge is -2.05. The van der Waals surface area contributed by atoms with Crippen LogP contribution in [-0.4, -0.2) is 17.6 Å². The number of nitrogens with one attached hydrogen (secondary N) is 1. The monoisotopic (exact) mass is 220 g/mol. The molecule has 2 heterocycles. The normalized spacial score (nSPS) is 22.2. The molecule has 1 aromatic heterocycles. The highest BCUT2D eigenvalue weighted by Crippen LogP contribution is 2.28. The summed E-state index contributed by atoms with van der Waals surface area (Å²) >= 11 is 0. The molecule has 0 aromatic carbocycles. The second-order valence-electron chi connectivity index (χ2n) is 3.62. The van der Waals surface area contributed by atoms with E-state index in [9.17, 15) is 13.2 Å². The molecule has 1 atom stereocenters. The number of halogens is 3. The molecule has 1 aliphatic heterocycles. The Morgan fingerprint density at radius 1 is 1.53 bits per heavy atom. The van der Waals surface area contributed by atoms with Crippen LogP contribution < -0.4 is 5.32 Å². The lowest BCUT2D eigenvalue weighted by Crippen LogP contribution is -2.23. The Labute approximate surface area is 84.7 Å². The smallest absolute Gasteiger partial charge is 0.436 e. The molecule has 0 aliphatic carbocycles. The molecule has 1 aliphatic rings. The van der Waals surface area contributed by atoms with Crippen molar-refractivity contribution in [3.8, 4) is 0 Å². The predicted octanol–water partition coefficient (Wildman–Crippen LogP) is 1.99. The van der Waals surface area contributed by atoms with Gasteiger partial charge < -0.3 is 9.73 Å². The van der Waals surface area contributed by atoms with Gasteiger partial charge in [0.25, 0.3) is 0 Å². The van der Waals surface area contributed by atoms with Crippen molar-refractivity contribution in [3.05, 3.63) is 17.8 Å². The Morgan fingerprint density at radius 3 is 2.87 bits per heavy atom. The van der Waals surface area contributed by atoms with Crippen molar-refractivity contribution in [2.45, 2.75) is 31.5 Å². The highest BCUT2D eigenvalue weighted by molar-refractivity contribution is 5.02. The zero-order valence-corrected chi connectivity index (χ0v) is 7.97. The minimum Gasteiger partial charge on any atom is -0.448 e. The summed E-state index contributed by atoms with van der Waals surface area (Å²) in [6.45, 7) is 0.914. The van der Waals surface area contributed by atoms with Crippen molar-refractivity contribution < 1.29 is 17.6 Å². The first-order chi connectivity index (χ1) is 7.05. The molecule has 2 rings (SSSR count). The van der Waals surface area contributed by atoms with Gasteiger partial charge in [0.05, 0.1) is 0 Å². The fraction of sp³-hybridized carbons (Fsp3) is 0.667. The van der Waals surface area contributed by atoms with Crippen molar-refractivity contribution in [3.63, 3.8) is 0 Å². The molecule has 1 aromatic rings. The Kier molecular flexibility index (Phi) is 2.68. The molecule has 1 N–H and O–H groups in total. The number of alkyl halides is 3. The van der Waals surface area contributed by atoms with Gasteiger partial charge in [0.15, 0.2) is 11.6 Å². The number of hydrogen-bond donors (Lipinski definition) is 1. The highest BCUT2D eigenvalue weighted by Gasteiger charge is 2.35. The van der Waals surface area contributed by atoms with Crippen molar-refractivity contribution in [2.75, 3.05) is 6.54 Å². The van der Waals surface area contributed by atoms with E-state index in [0.717, 1.165) is 19.4 Å². The van der Waals surface area contributed by atoms with Crippen LogP contribution in [0.4, 0.5) is 13.2 Å². The lowest BCUT2D eigenvalue weighted by molar-refractivity contribution is -0.141. The van der Waals surface area contributed by atoms with Gasteiger partial charge in [-0.2, -0.15) is 13.2 Å². The summed E-state index contributed by atoms with van der Waals surface area (Å²) in [6, 6.07) is 0.199. The van der Waals surface area contributed by atoms with Gasteiger partial charge in [-0.05, 0) is 19.4 Å². The van der Waals surface area contributed by atoms with Crippen LogP contribution in [0, 0.1) is 0 Å². The van der Waals surface area contributed by atoms with Crippen LogP contribution in [0.3, 0.4) is 0 Å². The van der Waals surface area contributed by atoms with Gasteiger partial charge in [-0.25, -0.2) is 4.98 Å². The summed E-state index contributed by atoms with van der Waals surface area (Å²) in [6.07, 6.45) is -1.30. The van der Waals surface area contributed by atoms with Crippen LogP contribution in [-0.2, 0) is 12.6 Å². The maximum absolute atomic E-state index is 12.2. The molecule has 0 bridgehead atoms. The summed E-state index contributed by atoms with van der Waals surface area (Å²) in [5.74, 6) is 0.154. The van der Waals surface area contributed by atoms with E-state index in [0.29, 0.717) is 12.7 Å². The van der Waals surface area contributed by atoms with Gasteiger partial charge in [0.1, 0.15) is 6.26 Å². The molecule has 0 radical (unpaired) electrons. The van der Waals surface area contributed by atoms with Gasteiger partial charge in [-0.1, -0.05) is 0 Å². The molecular weight excluding hydrogens is 209 g/mol. The molecule has 84 valence electrons. The maximum Gasteiger partial charge on any atom is 0.436 e. The third-order valence-corrected chi connectivity index (χ3v) is 2.43. The number of nitrogens with zero attached hydrogens (tertiary/aromatic N) is 1. The van der Waals surface area contributed by atoms with Crippen LogP contribution in [0.1, 0.15) is 24.4 Å². The van der Waals surface area contributed by atoms with Crippen LogP contribution in [0.15, 0.2) is 10.7 Å². The summed E-state index contributed by atoms with van der Waals surface area (Å²) < 4.78 is 41.3. The van der Waals surface area contributed by atoms with E-state index in [1.165, 1.54) is 0 Å². The largest absolute Gasteiger partial charge is 0.448 e. The summed E-state index contributed by atoms with van der Waals surface area (Å²) in [5.41, 5.74) is -0.949. The van der Waals surface area contributed by atoms with E-state index in [1.54, 1.807) is 0 Å². The third kappa shape index (κ3) is 2.50. The van der Waals surface area contributed by atoms with Crippen molar-refractivity contribution >= 4 is 0 Å². The lowest BCUT2D eigenvalue weighted by atomic mass is 10.1. The Morgan fingerprint density at radius 2 is 2.33 bits per heavy atom. The Hall–Kier alpha value is -1.04. The van der Waals surface area contributed by atoms with E-state index in [4.69, 9.17) is 4.42 Å². The minimum atomic E-state index is -4.41. The van der Waals surface area contributed by atoms with Crippen LogP contribution in [0.2, 0.25) is 0 Å². The molecule has 3 nitrogen and oxygen atoms in total. The fourth-order valence-corrected chi connectivity index (χ4v) is 1.68. The van der Waals surface area contributed by atoms with E-state index >= 15 is 0 Å². The average Bonchev–Trinajstić information content (AvgIpc) is 2.73. The average molecular weight is 220 g/mol. The first-order valence-electron chi connectivity index (χ1n) is 4.80. The van der Waals surface area contributed by atoms with Crippen molar-refractivity contribution in [2.24, 2.45) is 0 Å². The first-order valence-corrected chi connectivity index (χ1v) is 4.80. The number of oxazole rings is 1.